The average Bonchev–Trinajstić information content (AvgIpc) is 3.10. The highest BCUT2D eigenvalue weighted by molar-refractivity contribution is 5.95. The van der Waals surface area contributed by atoms with Crippen molar-refractivity contribution in [1.29, 1.82) is 0 Å². The molecule has 2 N–H and O–H groups in total. The van der Waals surface area contributed by atoms with E-state index in [1.807, 2.05) is 59.5 Å². The van der Waals surface area contributed by atoms with Gasteiger partial charge in [-0.25, -0.2) is 0 Å². The van der Waals surface area contributed by atoms with Gasteiger partial charge in [0.2, 0.25) is 11.8 Å². The molecule has 2 atom stereocenters. The van der Waals surface area contributed by atoms with E-state index in [0.29, 0.717) is 58.2 Å². The number of nitrogens with zero attached hydrogens (tertiary/aromatic N) is 2. The number of nitrogens with one attached hydrogen (secondary N) is 2. The number of methoxy groups -OCH3 is 1. The monoisotopic (exact) mass is 640 g/mol. The second-order valence-corrected chi connectivity index (χ2v) is 12.5. The molecular weight excluding hydrogens is 596 g/mol. The summed E-state index contributed by atoms with van der Waals surface area (Å²) in [6.45, 7) is 1.48. The number of amides is 3. The molecule has 2 aliphatic rings. The summed E-state index contributed by atoms with van der Waals surface area (Å²) in [7, 11) is 3.00. The van der Waals surface area contributed by atoms with Crippen LogP contribution < -0.4 is 16.2 Å². The first kappa shape index (κ1) is 33.6. The van der Waals surface area contributed by atoms with Crippen LogP contribution in [0.5, 0.6) is 0 Å². The maximum atomic E-state index is 14.2. The van der Waals surface area contributed by atoms with E-state index < -0.39 is 11.3 Å². The van der Waals surface area contributed by atoms with Gasteiger partial charge in [0, 0.05) is 45.3 Å². The van der Waals surface area contributed by atoms with Gasteiger partial charge in [-0.2, -0.15) is 0 Å². The van der Waals surface area contributed by atoms with E-state index in [-0.39, 0.29) is 40.9 Å². The number of pyridine rings is 1. The van der Waals surface area contributed by atoms with Crippen molar-refractivity contribution in [3.63, 3.8) is 0 Å². The fourth-order valence-electron chi connectivity index (χ4n) is 7.01. The van der Waals surface area contributed by atoms with Gasteiger partial charge in [0.1, 0.15) is 5.56 Å². The van der Waals surface area contributed by atoms with Crippen molar-refractivity contribution in [2.75, 3.05) is 26.7 Å². The fourth-order valence-corrected chi connectivity index (χ4v) is 7.01. The minimum Gasteiger partial charge on any atom is -0.469 e. The molecule has 1 aliphatic carbocycles. The highest BCUT2D eigenvalue weighted by Gasteiger charge is 2.48. The molecule has 2 heterocycles. The minimum atomic E-state index is -0.938. The molecule has 0 unspecified atom stereocenters. The number of aryl methyl sites for hydroxylation is 1. The third-order valence-corrected chi connectivity index (χ3v) is 9.64. The molecule has 1 saturated heterocycles. The van der Waals surface area contributed by atoms with Gasteiger partial charge in [-0.1, -0.05) is 61.0 Å². The lowest BCUT2D eigenvalue weighted by atomic mass is 9.62. The molecule has 3 amide bonds. The van der Waals surface area contributed by atoms with Crippen molar-refractivity contribution in [3.8, 4) is 0 Å². The van der Waals surface area contributed by atoms with E-state index in [0.717, 1.165) is 29.5 Å². The van der Waals surface area contributed by atoms with Crippen molar-refractivity contribution in [3.05, 3.63) is 106 Å². The van der Waals surface area contributed by atoms with Crippen LogP contribution in [0, 0.1) is 0 Å². The zero-order valence-corrected chi connectivity index (χ0v) is 27.2. The number of esters is 1. The van der Waals surface area contributed by atoms with Crippen LogP contribution in [-0.4, -0.2) is 65.9 Å². The van der Waals surface area contributed by atoms with Crippen molar-refractivity contribution in [2.45, 2.75) is 68.7 Å². The Balaban J connectivity index is 1.28. The summed E-state index contributed by atoms with van der Waals surface area (Å²) < 4.78 is 6.09. The topological polar surface area (TPSA) is 127 Å². The molecule has 0 radical (unpaired) electrons. The van der Waals surface area contributed by atoms with E-state index in [9.17, 15) is 24.0 Å². The Morgan fingerprint density at radius 2 is 1.62 bits per heavy atom. The summed E-state index contributed by atoms with van der Waals surface area (Å²) in [6, 6.07) is 20.7. The summed E-state index contributed by atoms with van der Waals surface area (Å²) in [5.74, 6) is -1.05. The van der Waals surface area contributed by atoms with Gasteiger partial charge < -0.3 is 24.8 Å². The molecule has 1 aliphatic heterocycles. The lowest BCUT2D eigenvalue weighted by Crippen LogP contribution is -2.51. The van der Waals surface area contributed by atoms with Gasteiger partial charge in [-0.15, -0.1) is 0 Å². The first-order valence-electron chi connectivity index (χ1n) is 16.5. The number of hydrogen-bond acceptors (Lipinski definition) is 6. The maximum Gasteiger partial charge on any atom is 0.305 e. The number of aromatic nitrogens is 1. The SMILES string of the molecule is COC(=O)CCCCCNC(=O)[C@@]1(c2ccccc2)CC[C@H](C(=O)N2CCC(NC(=O)c3cccn(C)c3=O)CC2)c2ccccc21. The van der Waals surface area contributed by atoms with E-state index in [4.69, 9.17) is 4.74 Å². The smallest absolute Gasteiger partial charge is 0.305 e. The number of likely N-dealkylation sites (tertiary alicyclic amines) is 1. The molecule has 0 spiro atoms. The Morgan fingerprint density at radius 1 is 0.894 bits per heavy atom. The number of benzene rings is 2. The van der Waals surface area contributed by atoms with Crippen molar-refractivity contribution < 1.29 is 23.9 Å². The van der Waals surface area contributed by atoms with E-state index >= 15 is 0 Å². The molecule has 5 rings (SSSR count). The maximum absolute atomic E-state index is 14.2. The predicted molar refractivity (Wildman–Crippen MR) is 178 cm³/mol. The van der Waals surface area contributed by atoms with Crippen molar-refractivity contribution in [1.82, 2.24) is 20.1 Å². The minimum absolute atomic E-state index is 0.0341. The van der Waals surface area contributed by atoms with Crippen LogP contribution in [0.3, 0.4) is 0 Å². The lowest BCUT2D eigenvalue weighted by Gasteiger charge is -2.42. The molecule has 2 aromatic carbocycles. The molecule has 0 bridgehead atoms. The number of carbonyl (C=O) groups excluding carboxylic acids is 4. The standard InChI is InChI=1S/C37H44N4O6/c1-40-23-11-15-30(34(40)44)33(43)39-27-19-24-41(25-20-27)35(45)29-18-21-37(26-12-5-3-6-13-26,31-16-9-8-14-28(29)31)36(46)38-22-10-4-7-17-32(42)47-2/h3,5-6,8-9,11-16,23,27,29H,4,7,10,17-22,24-25H2,1-2H3,(H,38,46)(H,39,43)/t29-,37+/m0/s1. The average molecular weight is 641 g/mol. The summed E-state index contributed by atoms with van der Waals surface area (Å²) in [5, 5.41) is 6.15. The van der Waals surface area contributed by atoms with Crippen LogP contribution in [-0.2, 0) is 31.6 Å². The Hall–Kier alpha value is -4.73. The van der Waals surface area contributed by atoms with Crippen molar-refractivity contribution in [2.24, 2.45) is 7.05 Å². The molecule has 10 heteroatoms. The van der Waals surface area contributed by atoms with Crippen LogP contribution in [0.1, 0.15) is 84.3 Å². The Labute approximate surface area is 275 Å². The van der Waals surface area contributed by atoms with Crippen molar-refractivity contribution >= 4 is 23.7 Å². The summed E-state index contributed by atoms with van der Waals surface area (Å²) in [6.07, 6.45) is 6.41. The van der Waals surface area contributed by atoms with Crippen LogP contribution in [0.25, 0.3) is 0 Å². The Kier molecular flexibility index (Phi) is 10.9. The second kappa shape index (κ2) is 15.2. The molecule has 1 aromatic heterocycles. The van der Waals surface area contributed by atoms with Gasteiger partial charge in [0.05, 0.1) is 18.4 Å². The van der Waals surface area contributed by atoms with Crippen LogP contribution in [0.4, 0.5) is 0 Å². The van der Waals surface area contributed by atoms with E-state index in [1.54, 1.807) is 19.3 Å². The third kappa shape index (κ3) is 7.32. The van der Waals surface area contributed by atoms with E-state index in [1.165, 1.54) is 17.7 Å². The molecular formula is C37H44N4O6. The summed E-state index contributed by atoms with van der Waals surface area (Å²) in [5.41, 5.74) is 1.45. The number of carbonyl (C=O) groups is 4. The first-order chi connectivity index (χ1) is 22.8. The molecule has 47 heavy (non-hydrogen) atoms. The van der Waals surface area contributed by atoms with Crippen LogP contribution in [0.2, 0.25) is 0 Å². The summed E-state index contributed by atoms with van der Waals surface area (Å²) in [4.78, 5) is 66.7. The number of hydrogen-bond donors (Lipinski definition) is 2. The first-order valence-corrected chi connectivity index (χ1v) is 16.5. The normalized spacial score (nSPS) is 19.4. The zero-order valence-electron chi connectivity index (χ0n) is 27.2. The highest BCUT2D eigenvalue weighted by Crippen LogP contribution is 2.48. The molecule has 1 fully saturated rings. The van der Waals surface area contributed by atoms with Crippen LogP contribution in [0.15, 0.2) is 77.7 Å². The lowest BCUT2D eigenvalue weighted by molar-refractivity contribution is -0.140. The third-order valence-electron chi connectivity index (χ3n) is 9.64. The molecule has 0 saturated carbocycles. The van der Waals surface area contributed by atoms with Gasteiger partial charge in [-0.3, -0.25) is 24.0 Å². The van der Waals surface area contributed by atoms with Gasteiger partial charge >= 0.3 is 5.97 Å². The van der Waals surface area contributed by atoms with Gasteiger partial charge in [0.25, 0.3) is 11.5 Å². The van der Waals surface area contributed by atoms with Crippen LogP contribution >= 0.6 is 0 Å². The molecule has 10 nitrogen and oxygen atoms in total. The number of piperidine rings is 1. The zero-order chi connectivity index (χ0) is 33.4. The predicted octanol–water partition coefficient (Wildman–Crippen LogP) is 3.82. The highest BCUT2D eigenvalue weighted by atomic mass is 16.5. The number of unbranched alkanes of at least 4 members (excludes halogenated alkanes) is 2. The van der Waals surface area contributed by atoms with E-state index in [2.05, 4.69) is 10.6 Å². The second-order valence-electron chi connectivity index (χ2n) is 12.5. The summed E-state index contributed by atoms with van der Waals surface area (Å²) >= 11 is 0. The number of fused-ring (bicyclic) bond motifs is 1. The molecule has 3 aromatic rings. The number of rotatable bonds is 11. The Morgan fingerprint density at radius 3 is 2.36 bits per heavy atom. The Bertz CT molecular complexity index is 1650. The number of ether oxygens (including phenoxy) is 1. The van der Waals surface area contributed by atoms with Gasteiger partial charge in [0.15, 0.2) is 0 Å². The largest absolute Gasteiger partial charge is 0.469 e. The van der Waals surface area contributed by atoms with Gasteiger partial charge in [-0.05, 0) is 67.3 Å². The molecule has 248 valence electrons. The quantitative estimate of drug-likeness (QED) is 0.243. The fraction of sp³-hybridized carbons (Fsp3) is 0.432.